The number of aldehydes is 2. The topological polar surface area (TPSA) is 34.1 Å². The SMILES string of the molecule is CC(C=O)CCC=O.[H-].[Na+]. The normalized spacial score (nSPS) is 11.2. The molecule has 0 aromatic carbocycles. The third-order valence-corrected chi connectivity index (χ3v) is 0.972. The van der Waals surface area contributed by atoms with E-state index in [0.717, 1.165) is 12.6 Å². The molecule has 0 heterocycles. The van der Waals surface area contributed by atoms with E-state index >= 15 is 0 Å². The molecule has 0 saturated heterocycles. The van der Waals surface area contributed by atoms with Crippen LogP contribution >= 0.6 is 0 Å². The number of carbonyl (C=O) groups excluding carboxylic acids is 2. The Hall–Kier alpha value is 0.340. The van der Waals surface area contributed by atoms with Gasteiger partial charge in [-0.05, 0) is 6.42 Å². The Labute approximate surface area is 78.8 Å². The molecule has 2 nitrogen and oxygen atoms in total. The van der Waals surface area contributed by atoms with Crippen molar-refractivity contribution in [3.8, 4) is 0 Å². The van der Waals surface area contributed by atoms with Gasteiger partial charge in [-0.2, -0.15) is 0 Å². The minimum absolute atomic E-state index is 0. The molecule has 0 spiro atoms. The Morgan fingerprint density at radius 1 is 1.56 bits per heavy atom. The van der Waals surface area contributed by atoms with Gasteiger partial charge in [0.15, 0.2) is 0 Å². The molecule has 0 aliphatic heterocycles. The van der Waals surface area contributed by atoms with Gasteiger partial charge >= 0.3 is 29.6 Å². The standard InChI is InChI=1S/C6H10O2.Na.H/c1-6(5-8)3-2-4-7;;/h4-6H,2-3H2,1H3;;/q;+1;-1. The molecule has 1 atom stereocenters. The monoisotopic (exact) mass is 138 g/mol. The minimum Gasteiger partial charge on any atom is -1.00 e. The summed E-state index contributed by atoms with van der Waals surface area (Å²) in [6, 6.07) is 0. The van der Waals surface area contributed by atoms with Crippen LogP contribution in [0.2, 0.25) is 0 Å². The van der Waals surface area contributed by atoms with Crippen LogP contribution in [-0.2, 0) is 9.59 Å². The number of rotatable bonds is 4. The molecular weight excluding hydrogens is 127 g/mol. The van der Waals surface area contributed by atoms with E-state index in [4.69, 9.17) is 0 Å². The van der Waals surface area contributed by atoms with E-state index in [1.807, 2.05) is 0 Å². The summed E-state index contributed by atoms with van der Waals surface area (Å²) in [6.07, 6.45) is 2.89. The molecule has 0 aliphatic rings. The van der Waals surface area contributed by atoms with E-state index in [9.17, 15) is 9.59 Å². The van der Waals surface area contributed by atoms with Crippen LogP contribution in [0.3, 0.4) is 0 Å². The van der Waals surface area contributed by atoms with Gasteiger partial charge in [-0.1, -0.05) is 6.92 Å². The van der Waals surface area contributed by atoms with Crippen LogP contribution < -0.4 is 29.6 Å². The predicted octanol–water partition coefficient (Wildman–Crippen LogP) is -2.08. The first kappa shape index (κ1) is 12.1. The van der Waals surface area contributed by atoms with Crippen molar-refractivity contribution >= 4 is 12.6 Å². The molecule has 0 saturated carbocycles. The maximum atomic E-state index is 9.89. The zero-order chi connectivity index (χ0) is 6.41. The molecule has 0 aliphatic carbocycles. The Kier molecular flexibility index (Phi) is 11.2. The smallest absolute Gasteiger partial charge is 1.00 e. The summed E-state index contributed by atoms with van der Waals surface area (Å²) in [7, 11) is 0. The average molecular weight is 138 g/mol. The largest absolute Gasteiger partial charge is 1.00 e. The fourth-order valence-corrected chi connectivity index (χ4v) is 0.399. The molecule has 9 heavy (non-hydrogen) atoms. The molecule has 0 amide bonds. The van der Waals surface area contributed by atoms with E-state index in [1.54, 1.807) is 6.92 Å². The van der Waals surface area contributed by atoms with E-state index in [2.05, 4.69) is 0 Å². The van der Waals surface area contributed by atoms with Gasteiger partial charge < -0.3 is 11.0 Å². The number of hydrogen-bond acceptors (Lipinski definition) is 2. The van der Waals surface area contributed by atoms with Crippen molar-refractivity contribution in [2.75, 3.05) is 0 Å². The molecule has 3 heteroatoms. The van der Waals surface area contributed by atoms with Gasteiger partial charge in [-0.3, -0.25) is 0 Å². The van der Waals surface area contributed by atoms with Crippen molar-refractivity contribution in [1.82, 2.24) is 0 Å². The average Bonchev–Trinajstić information content (AvgIpc) is 1.83. The summed E-state index contributed by atoms with van der Waals surface area (Å²) < 4.78 is 0. The summed E-state index contributed by atoms with van der Waals surface area (Å²) in [5.74, 6) is 0.0419. The first-order valence-corrected chi connectivity index (χ1v) is 2.70. The van der Waals surface area contributed by atoms with Crippen LogP contribution in [0.1, 0.15) is 21.2 Å². The quantitative estimate of drug-likeness (QED) is 0.330. The van der Waals surface area contributed by atoms with Crippen molar-refractivity contribution in [2.24, 2.45) is 5.92 Å². The van der Waals surface area contributed by atoms with Crippen LogP contribution in [0.4, 0.5) is 0 Å². The van der Waals surface area contributed by atoms with Gasteiger partial charge in [0.25, 0.3) is 0 Å². The van der Waals surface area contributed by atoms with Gasteiger partial charge in [-0.25, -0.2) is 0 Å². The zero-order valence-electron chi connectivity index (χ0n) is 6.96. The first-order chi connectivity index (χ1) is 3.81. The van der Waals surface area contributed by atoms with Gasteiger partial charge in [0, 0.05) is 12.3 Å². The van der Waals surface area contributed by atoms with Crippen molar-refractivity contribution in [2.45, 2.75) is 19.8 Å². The molecule has 0 N–H and O–H groups in total. The van der Waals surface area contributed by atoms with Crippen LogP contribution in [0, 0.1) is 5.92 Å². The predicted molar refractivity (Wildman–Crippen MR) is 31.6 cm³/mol. The summed E-state index contributed by atoms with van der Waals surface area (Å²) in [5.41, 5.74) is 0. The second kappa shape index (κ2) is 8.34. The van der Waals surface area contributed by atoms with Crippen molar-refractivity contribution in [3.05, 3.63) is 0 Å². The second-order valence-corrected chi connectivity index (χ2v) is 1.86. The van der Waals surface area contributed by atoms with Crippen LogP contribution in [0.5, 0.6) is 0 Å². The minimum atomic E-state index is 0. The Bertz CT molecular complexity index is 87.8. The Balaban J connectivity index is -0.000000245. The third-order valence-electron chi connectivity index (χ3n) is 0.972. The zero-order valence-corrected chi connectivity index (χ0v) is 7.96. The van der Waals surface area contributed by atoms with Crippen molar-refractivity contribution < 1.29 is 40.6 Å². The fraction of sp³-hybridized carbons (Fsp3) is 0.667. The molecule has 0 rings (SSSR count). The number of carbonyl (C=O) groups is 2. The van der Waals surface area contributed by atoms with Gasteiger partial charge in [0.05, 0.1) is 0 Å². The van der Waals surface area contributed by atoms with Crippen LogP contribution in [-0.4, -0.2) is 12.6 Å². The fourth-order valence-electron chi connectivity index (χ4n) is 0.399. The third kappa shape index (κ3) is 8.34. The summed E-state index contributed by atoms with van der Waals surface area (Å²) in [5, 5.41) is 0. The van der Waals surface area contributed by atoms with Crippen LogP contribution in [0.25, 0.3) is 0 Å². The molecule has 0 bridgehead atoms. The molecule has 0 aromatic heterocycles. The maximum Gasteiger partial charge on any atom is 1.00 e. The molecule has 48 valence electrons. The molecule has 0 radical (unpaired) electrons. The van der Waals surface area contributed by atoms with Crippen molar-refractivity contribution in [1.29, 1.82) is 0 Å². The van der Waals surface area contributed by atoms with E-state index in [-0.39, 0.29) is 36.9 Å². The first-order valence-electron chi connectivity index (χ1n) is 2.70. The summed E-state index contributed by atoms with van der Waals surface area (Å²) in [4.78, 5) is 19.6. The van der Waals surface area contributed by atoms with Gasteiger partial charge in [-0.15, -0.1) is 0 Å². The number of hydrogen-bond donors (Lipinski definition) is 0. The Morgan fingerprint density at radius 2 is 2.11 bits per heavy atom. The van der Waals surface area contributed by atoms with Crippen molar-refractivity contribution in [3.63, 3.8) is 0 Å². The van der Waals surface area contributed by atoms with Gasteiger partial charge in [0.2, 0.25) is 0 Å². The molecule has 1 unspecified atom stereocenters. The van der Waals surface area contributed by atoms with E-state index in [1.165, 1.54) is 0 Å². The van der Waals surface area contributed by atoms with Gasteiger partial charge in [0.1, 0.15) is 12.6 Å². The second-order valence-electron chi connectivity index (χ2n) is 1.86. The maximum absolute atomic E-state index is 9.89. The van der Waals surface area contributed by atoms with E-state index < -0.39 is 0 Å². The summed E-state index contributed by atoms with van der Waals surface area (Å²) in [6.45, 7) is 1.80. The molecule has 0 fully saturated rings. The van der Waals surface area contributed by atoms with Crippen LogP contribution in [0.15, 0.2) is 0 Å². The molecular formula is C6H11NaO2. The van der Waals surface area contributed by atoms with E-state index in [0.29, 0.717) is 12.8 Å². The summed E-state index contributed by atoms with van der Waals surface area (Å²) >= 11 is 0. The molecule has 0 aromatic rings. The Morgan fingerprint density at radius 3 is 2.44 bits per heavy atom.